The van der Waals surface area contributed by atoms with Gasteiger partial charge in [-0.15, -0.1) is 0 Å². The maximum atomic E-state index is 13.3. The number of hydrogen-bond acceptors (Lipinski definition) is 6. The SMILES string of the molecule is COC(=O)N1CCN(c2ccc(C(=O)NC(CC(=O)O)c3ccc(C)cc3)cc2NC(=O)c2ccccc2)CC1. The minimum Gasteiger partial charge on any atom is -0.481 e. The molecule has 0 saturated carbocycles. The molecule has 3 N–H and O–H groups in total. The van der Waals surface area contributed by atoms with E-state index in [0.717, 1.165) is 5.56 Å². The van der Waals surface area contributed by atoms with Crippen molar-refractivity contribution in [2.75, 3.05) is 43.5 Å². The van der Waals surface area contributed by atoms with Crippen LogP contribution in [0.1, 0.15) is 44.3 Å². The van der Waals surface area contributed by atoms with E-state index in [1.807, 2.05) is 30.0 Å². The summed E-state index contributed by atoms with van der Waals surface area (Å²) in [6.45, 7) is 3.81. The first-order valence-electron chi connectivity index (χ1n) is 12.9. The first-order chi connectivity index (χ1) is 19.2. The highest BCUT2D eigenvalue weighted by Gasteiger charge is 2.25. The van der Waals surface area contributed by atoms with E-state index < -0.39 is 24.0 Å². The number of benzene rings is 3. The zero-order valence-corrected chi connectivity index (χ0v) is 22.4. The Morgan fingerprint density at radius 2 is 1.55 bits per heavy atom. The molecular weight excluding hydrogens is 512 g/mol. The Morgan fingerprint density at radius 3 is 2.17 bits per heavy atom. The summed E-state index contributed by atoms with van der Waals surface area (Å²) in [6, 6.07) is 20.3. The predicted octanol–water partition coefficient (Wildman–Crippen LogP) is 4.08. The van der Waals surface area contributed by atoms with Gasteiger partial charge in [-0.1, -0.05) is 48.0 Å². The number of amides is 3. The molecule has 208 valence electrons. The number of piperazine rings is 1. The highest BCUT2D eigenvalue weighted by Crippen LogP contribution is 2.30. The number of carboxylic acid groups (broad SMARTS) is 1. The standard InChI is InChI=1S/C30H32N4O6/c1-20-8-10-21(11-9-20)24(19-27(35)36)31-29(38)23-12-13-26(33-14-16-34(17-15-33)30(39)40-2)25(18-23)32-28(37)22-6-4-3-5-7-22/h3-13,18,24H,14-17,19H2,1-2H3,(H,31,38)(H,32,37)(H,35,36). The summed E-state index contributed by atoms with van der Waals surface area (Å²) in [5.41, 5.74) is 3.55. The van der Waals surface area contributed by atoms with Crippen LogP contribution in [0.5, 0.6) is 0 Å². The van der Waals surface area contributed by atoms with E-state index in [1.165, 1.54) is 7.11 Å². The number of aliphatic carboxylic acids is 1. The largest absolute Gasteiger partial charge is 0.481 e. The maximum Gasteiger partial charge on any atom is 0.409 e. The van der Waals surface area contributed by atoms with Gasteiger partial charge >= 0.3 is 12.1 Å². The smallest absolute Gasteiger partial charge is 0.409 e. The van der Waals surface area contributed by atoms with Crippen molar-refractivity contribution in [3.63, 3.8) is 0 Å². The third-order valence-corrected chi connectivity index (χ3v) is 6.76. The minimum atomic E-state index is -1.04. The quantitative estimate of drug-likeness (QED) is 0.390. The van der Waals surface area contributed by atoms with E-state index in [4.69, 9.17) is 4.74 Å². The van der Waals surface area contributed by atoms with Crippen molar-refractivity contribution in [1.29, 1.82) is 0 Å². The van der Waals surface area contributed by atoms with Crippen molar-refractivity contribution in [2.45, 2.75) is 19.4 Å². The molecule has 10 nitrogen and oxygen atoms in total. The molecule has 0 spiro atoms. The van der Waals surface area contributed by atoms with E-state index in [1.54, 1.807) is 59.5 Å². The second kappa shape index (κ2) is 12.8. The number of carbonyl (C=O) groups excluding carboxylic acids is 3. The Balaban J connectivity index is 1.60. The lowest BCUT2D eigenvalue weighted by atomic mass is 10.0. The van der Waals surface area contributed by atoms with Gasteiger partial charge in [0.25, 0.3) is 11.8 Å². The normalized spacial score (nSPS) is 13.8. The Kier molecular flexibility index (Phi) is 9.00. The lowest BCUT2D eigenvalue weighted by Gasteiger charge is -2.36. The van der Waals surface area contributed by atoms with Gasteiger partial charge in [-0.05, 0) is 42.8 Å². The van der Waals surface area contributed by atoms with Crippen LogP contribution in [0, 0.1) is 6.92 Å². The molecule has 1 unspecified atom stereocenters. The molecule has 1 aliphatic heterocycles. The average molecular weight is 545 g/mol. The Hall–Kier alpha value is -4.86. The number of ether oxygens (including phenoxy) is 1. The zero-order chi connectivity index (χ0) is 28.6. The minimum absolute atomic E-state index is 0.266. The highest BCUT2D eigenvalue weighted by molar-refractivity contribution is 6.07. The van der Waals surface area contributed by atoms with Crippen molar-refractivity contribution >= 4 is 35.3 Å². The van der Waals surface area contributed by atoms with Gasteiger partial charge < -0.3 is 30.3 Å². The number of nitrogens with one attached hydrogen (secondary N) is 2. The van der Waals surface area contributed by atoms with Crippen LogP contribution >= 0.6 is 0 Å². The van der Waals surface area contributed by atoms with Crippen LogP contribution in [-0.2, 0) is 9.53 Å². The van der Waals surface area contributed by atoms with Crippen LogP contribution in [0.15, 0.2) is 72.8 Å². The Bertz CT molecular complexity index is 1370. The van der Waals surface area contributed by atoms with Crippen molar-refractivity contribution < 1.29 is 29.0 Å². The second-order valence-corrected chi connectivity index (χ2v) is 9.53. The van der Waals surface area contributed by atoms with Gasteiger partial charge in [0.2, 0.25) is 0 Å². The zero-order valence-electron chi connectivity index (χ0n) is 22.4. The summed E-state index contributed by atoms with van der Waals surface area (Å²) < 4.78 is 4.82. The van der Waals surface area contributed by atoms with Crippen LogP contribution in [0.2, 0.25) is 0 Å². The molecule has 3 amide bonds. The summed E-state index contributed by atoms with van der Waals surface area (Å²) in [6.07, 6.45) is -0.677. The maximum absolute atomic E-state index is 13.3. The summed E-state index contributed by atoms with van der Waals surface area (Å²) in [7, 11) is 1.34. The number of nitrogens with zero attached hydrogens (tertiary/aromatic N) is 2. The van der Waals surface area contributed by atoms with Gasteiger partial charge in [0, 0.05) is 37.3 Å². The molecular formula is C30H32N4O6. The van der Waals surface area contributed by atoms with Gasteiger partial charge in [-0.2, -0.15) is 0 Å². The predicted molar refractivity (Wildman–Crippen MR) is 151 cm³/mol. The second-order valence-electron chi connectivity index (χ2n) is 9.53. The van der Waals surface area contributed by atoms with Gasteiger partial charge in [-0.3, -0.25) is 14.4 Å². The van der Waals surface area contributed by atoms with Crippen LogP contribution in [0.25, 0.3) is 0 Å². The lowest BCUT2D eigenvalue weighted by Crippen LogP contribution is -2.49. The van der Waals surface area contributed by atoms with E-state index >= 15 is 0 Å². The summed E-state index contributed by atoms with van der Waals surface area (Å²) in [5, 5.41) is 15.2. The fraction of sp³-hybridized carbons (Fsp3) is 0.267. The van der Waals surface area contributed by atoms with Crippen LogP contribution in [0.4, 0.5) is 16.2 Å². The third kappa shape index (κ3) is 6.96. The molecule has 1 atom stereocenters. The molecule has 10 heteroatoms. The van der Waals surface area contributed by atoms with Crippen LogP contribution < -0.4 is 15.5 Å². The number of anilines is 2. The highest BCUT2D eigenvalue weighted by atomic mass is 16.5. The van der Waals surface area contributed by atoms with Crippen molar-refractivity contribution in [3.8, 4) is 0 Å². The molecule has 0 aromatic heterocycles. The number of aryl methyl sites for hydroxylation is 1. The summed E-state index contributed by atoms with van der Waals surface area (Å²) in [5.74, 6) is -1.84. The molecule has 40 heavy (non-hydrogen) atoms. The molecule has 3 aromatic carbocycles. The van der Waals surface area contributed by atoms with E-state index in [-0.39, 0.29) is 17.9 Å². The molecule has 0 aliphatic carbocycles. The molecule has 1 saturated heterocycles. The molecule has 1 aliphatic rings. The van der Waals surface area contributed by atoms with Crippen molar-refractivity contribution in [1.82, 2.24) is 10.2 Å². The number of hydrogen-bond donors (Lipinski definition) is 3. The fourth-order valence-corrected chi connectivity index (χ4v) is 4.56. The van der Waals surface area contributed by atoms with Crippen LogP contribution in [0.3, 0.4) is 0 Å². The molecule has 1 fully saturated rings. The molecule has 4 rings (SSSR count). The molecule has 3 aromatic rings. The monoisotopic (exact) mass is 544 g/mol. The molecule has 0 bridgehead atoms. The van der Waals surface area contributed by atoms with E-state index in [9.17, 15) is 24.3 Å². The fourth-order valence-electron chi connectivity index (χ4n) is 4.56. The first-order valence-corrected chi connectivity index (χ1v) is 12.9. The summed E-state index contributed by atoms with van der Waals surface area (Å²) >= 11 is 0. The number of carbonyl (C=O) groups is 4. The average Bonchev–Trinajstić information content (AvgIpc) is 2.97. The number of carboxylic acids is 1. The van der Waals surface area contributed by atoms with Gasteiger partial charge in [0.1, 0.15) is 0 Å². The lowest BCUT2D eigenvalue weighted by molar-refractivity contribution is -0.137. The van der Waals surface area contributed by atoms with Gasteiger partial charge in [0.15, 0.2) is 0 Å². The first kappa shape index (κ1) is 28.2. The van der Waals surface area contributed by atoms with Gasteiger partial charge in [-0.25, -0.2) is 4.79 Å². The van der Waals surface area contributed by atoms with E-state index in [0.29, 0.717) is 48.7 Å². The molecule has 0 radical (unpaired) electrons. The van der Waals surface area contributed by atoms with Crippen molar-refractivity contribution in [3.05, 3.63) is 95.1 Å². The van der Waals surface area contributed by atoms with Crippen molar-refractivity contribution in [2.24, 2.45) is 0 Å². The topological polar surface area (TPSA) is 128 Å². The molecule has 1 heterocycles. The number of rotatable bonds is 8. The Morgan fingerprint density at radius 1 is 0.875 bits per heavy atom. The third-order valence-electron chi connectivity index (χ3n) is 6.76. The van der Waals surface area contributed by atoms with Crippen LogP contribution in [-0.4, -0.2) is 67.2 Å². The van der Waals surface area contributed by atoms with E-state index in [2.05, 4.69) is 10.6 Å². The summed E-state index contributed by atoms with van der Waals surface area (Å²) in [4.78, 5) is 53.5. The van der Waals surface area contributed by atoms with Gasteiger partial charge in [0.05, 0.1) is 30.9 Å². The number of methoxy groups -OCH3 is 1. The Labute approximate surface area is 232 Å².